The molecule has 3 nitrogen and oxygen atoms in total. The SMILES string of the molecule is CCCNC(Cc1ccc(F)cc1)C1CN(C)CCN1C. The smallest absolute Gasteiger partial charge is 0.123 e. The molecule has 1 aromatic rings. The van der Waals surface area contributed by atoms with Crippen molar-refractivity contribution < 1.29 is 4.39 Å². The molecule has 2 unspecified atom stereocenters. The van der Waals surface area contributed by atoms with Gasteiger partial charge in [-0.2, -0.15) is 0 Å². The van der Waals surface area contributed by atoms with Gasteiger partial charge in [0.15, 0.2) is 0 Å². The maximum atomic E-state index is 13.1. The molecule has 1 aliphatic rings. The second-order valence-corrected chi connectivity index (χ2v) is 6.20. The third-order valence-corrected chi connectivity index (χ3v) is 4.39. The van der Waals surface area contributed by atoms with Crippen molar-refractivity contribution in [3.8, 4) is 0 Å². The van der Waals surface area contributed by atoms with Gasteiger partial charge >= 0.3 is 0 Å². The molecule has 0 saturated carbocycles. The summed E-state index contributed by atoms with van der Waals surface area (Å²) in [7, 11) is 4.40. The summed E-state index contributed by atoms with van der Waals surface area (Å²) in [6.45, 7) is 6.54. The van der Waals surface area contributed by atoms with E-state index in [4.69, 9.17) is 0 Å². The van der Waals surface area contributed by atoms with Crippen LogP contribution in [0.15, 0.2) is 24.3 Å². The van der Waals surface area contributed by atoms with Crippen LogP contribution in [0.4, 0.5) is 4.39 Å². The molecule has 1 fully saturated rings. The van der Waals surface area contributed by atoms with Crippen LogP contribution in [0, 0.1) is 5.82 Å². The van der Waals surface area contributed by atoms with E-state index in [0.29, 0.717) is 12.1 Å². The second-order valence-electron chi connectivity index (χ2n) is 6.20. The first kappa shape index (κ1) is 16.4. The molecule has 0 spiro atoms. The van der Waals surface area contributed by atoms with Gasteiger partial charge in [0.2, 0.25) is 0 Å². The number of nitrogens with zero attached hydrogens (tertiary/aromatic N) is 2. The van der Waals surface area contributed by atoms with Gasteiger partial charge in [-0.3, -0.25) is 4.90 Å². The summed E-state index contributed by atoms with van der Waals surface area (Å²) < 4.78 is 13.1. The first-order valence-electron chi connectivity index (χ1n) is 7.96. The molecule has 1 N–H and O–H groups in total. The molecule has 118 valence electrons. The van der Waals surface area contributed by atoms with Crippen LogP contribution in [0.5, 0.6) is 0 Å². The van der Waals surface area contributed by atoms with Crippen LogP contribution in [0.2, 0.25) is 0 Å². The van der Waals surface area contributed by atoms with Crippen LogP contribution >= 0.6 is 0 Å². The van der Waals surface area contributed by atoms with E-state index in [1.165, 1.54) is 5.56 Å². The van der Waals surface area contributed by atoms with Crippen LogP contribution in [-0.2, 0) is 6.42 Å². The number of benzene rings is 1. The average molecular weight is 293 g/mol. The van der Waals surface area contributed by atoms with E-state index in [9.17, 15) is 4.39 Å². The Labute approximate surface area is 128 Å². The minimum Gasteiger partial charge on any atom is -0.312 e. The number of halogens is 1. The Bertz CT molecular complexity index is 421. The van der Waals surface area contributed by atoms with E-state index in [2.05, 4.69) is 36.1 Å². The Morgan fingerprint density at radius 1 is 1.24 bits per heavy atom. The summed E-state index contributed by atoms with van der Waals surface area (Å²) in [6.07, 6.45) is 2.08. The second kappa shape index (κ2) is 7.87. The van der Waals surface area contributed by atoms with E-state index >= 15 is 0 Å². The maximum Gasteiger partial charge on any atom is 0.123 e. The van der Waals surface area contributed by atoms with Crippen molar-refractivity contribution in [2.24, 2.45) is 0 Å². The predicted octanol–water partition coefficient (Wildman–Crippen LogP) is 1.98. The van der Waals surface area contributed by atoms with Crippen LogP contribution in [0.25, 0.3) is 0 Å². The normalized spacial score (nSPS) is 22.4. The van der Waals surface area contributed by atoms with Crippen molar-refractivity contribution in [3.63, 3.8) is 0 Å². The quantitative estimate of drug-likeness (QED) is 0.865. The topological polar surface area (TPSA) is 18.5 Å². The Hall–Kier alpha value is -0.970. The van der Waals surface area contributed by atoms with Crippen LogP contribution < -0.4 is 5.32 Å². The molecule has 0 bridgehead atoms. The standard InChI is InChI=1S/C17H28FN3/c1-4-9-19-16(12-14-5-7-15(18)8-6-14)17-13-20(2)10-11-21(17)3/h5-8,16-17,19H,4,9-13H2,1-3H3. The fourth-order valence-electron chi connectivity index (χ4n) is 3.03. The zero-order valence-corrected chi connectivity index (χ0v) is 13.5. The number of hydrogen-bond acceptors (Lipinski definition) is 3. The monoisotopic (exact) mass is 293 g/mol. The first-order valence-corrected chi connectivity index (χ1v) is 7.96. The molecular formula is C17H28FN3. The summed E-state index contributed by atoms with van der Waals surface area (Å²) in [4.78, 5) is 4.85. The Morgan fingerprint density at radius 2 is 1.95 bits per heavy atom. The molecule has 21 heavy (non-hydrogen) atoms. The van der Waals surface area contributed by atoms with E-state index in [-0.39, 0.29) is 5.82 Å². The third-order valence-electron chi connectivity index (χ3n) is 4.39. The molecule has 1 aromatic carbocycles. The molecule has 1 heterocycles. The highest BCUT2D eigenvalue weighted by Crippen LogP contribution is 2.15. The van der Waals surface area contributed by atoms with Gasteiger partial charge in [0.05, 0.1) is 0 Å². The van der Waals surface area contributed by atoms with Gasteiger partial charge in [0.25, 0.3) is 0 Å². The van der Waals surface area contributed by atoms with E-state index < -0.39 is 0 Å². The largest absolute Gasteiger partial charge is 0.312 e. The van der Waals surface area contributed by atoms with Gasteiger partial charge in [0, 0.05) is 31.7 Å². The van der Waals surface area contributed by atoms with Gasteiger partial charge in [-0.05, 0) is 51.2 Å². The van der Waals surface area contributed by atoms with Crippen molar-refractivity contribution in [1.29, 1.82) is 0 Å². The number of likely N-dealkylation sites (N-methyl/N-ethyl adjacent to an activating group) is 2. The van der Waals surface area contributed by atoms with Crippen molar-refractivity contribution in [2.75, 3.05) is 40.3 Å². The van der Waals surface area contributed by atoms with Crippen molar-refractivity contribution in [3.05, 3.63) is 35.6 Å². The molecule has 1 aliphatic heterocycles. The lowest BCUT2D eigenvalue weighted by molar-refractivity contribution is 0.0876. The highest BCUT2D eigenvalue weighted by Gasteiger charge is 2.29. The predicted molar refractivity (Wildman–Crippen MR) is 86.1 cm³/mol. The van der Waals surface area contributed by atoms with Crippen molar-refractivity contribution >= 4 is 0 Å². The zero-order valence-electron chi connectivity index (χ0n) is 13.5. The Kier molecular flexibility index (Phi) is 6.15. The number of rotatable bonds is 6. The van der Waals surface area contributed by atoms with E-state index in [1.54, 1.807) is 12.1 Å². The third kappa shape index (κ3) is 4.77. The van der Waals surface area contributed by atoms with Gasteiger partial charge in [-0.1, -0.05) is 19.1 Å². The van der Waals surface area contributed by atoms with Crippen LogP contribution in [0.1, 0.15) is 18.9 Å². The van der Waals surface area contributed by atoms with Crippen molar-refractivity contribution in [2.45, 2.75) is 31.8 Å². The molecular weight excluding hydrogens is 265 g/mol. The first-order chi connectivity index (χ1) is 10.1. The lowest BCUT2D eigenvalue weighted by atomic mass is 9.96. The minimum absolute atomic E-state index is 0.161. The summed E-state index contributed by atoms with van der Waals surface area (Å²) >= 11 is 0. The molecule has 2 atom stereocenters. The van der Waals surface area contributed by atoms with E-state index in [1.807, 2.05) is 12.1 Å². The molecule has 0 aromatic heterocycles. The van der Waals surface area contributed by atoms with Gasteiger partial charge < -0.3 is 10.2 Å². The van der Waals surface area contributed by atoms with Gasteiger partial charge in [-0.25, -0.2) is 4.39 Å². The molecule has 0 radical (unpaired) electrons. The minimum atomic E-state index is -0.161. The number of piperazine rings is 1. The number of hydrogen-bond donors (Lipinski definition) is 1. The van der Waals surface area contributed by atoms with Gasteiger partial charge in [-0.15, -0.1) is 0 Å². The van der Waals surface area contributed by atoms with E-state index in [0.717, 1.165) is 39.0 Å². The molecule has 0 aliphatic carbocycles. The fraction of sp³-hybridized carbons (Fsp3) is 0.647. The van der Waals surface area contributed by atoms with Crippen molar-refractivity contribution in [1.82, 2.24) is 15.1 Å². The highest BCUT2D eigenvalue weighted by molar-refractivity contribution is 5.18. The highest BCUT2D eigenvalue weighted by atomic mass is 19.1. The summed E-state index contributed by atoms with van der Waals surface area (Å²) in [5.41, 5.74) is 1.20. The fourth-order valence-corrected chi connectivity index (χ4v) is 3.03. The molecule has 1 saturated heterocycles. The molecule has 4 heteroatoms. The Balaban J connectivity index is 2.07. The lowest BCUT2D eigenvalue weighted by Crippen LogP contribution is -2.59. The lowest BCUT2D eigenvalue weighted by Gasteiger charge is -2.42. The summed E-state index contributed by atoms with van der Waals surface area (Å²) in [6, 6.07) is 7.83. The van der Waals surface area contributed by atoms with Crippen LogP contribution in [-0.4, -0.2) is 62.2 Å². The Morgan fingerprint density at radius 3 is 2.62 bits per heavy atom. The molecule has 0 amide bonds. The average Bonchev–Trinajstić information content (AvgIpc) is 2.48. The van der Waals surface area contributed by atoms with Crippen LogP contribution in [0.3, 0.4) is 0 Å². The number of nitrogens with one attached hydrogen (secondary N) is 1. The van der Waals surface area contributed by atoms with Gasteiger partial charge in [0.1, 0.15) is 5.82 Å². The summed E-state index contributed by atoms with van der Waals surface area (Å²) in [5, 5.41) is 3.69. The molecule has 2 rings (SSSR count). The summed E-state index contributed by atoms with van der Waals surface area (Å²) in [5.74, 6) is -0.161. The zero-order chi connectivity index (χ0) is 15.2. The maximum absolute atomic E-state index is 13.1.